The van der Waals surface area contributed by atoms with Crippen molar-refractivity contribution in [2.75, 3.05) is 5.75 Å². The van der Waals surface area contributed by atoms with E-state index in [0.29, 0.717) is 5.02 Å². The van der Waals surface area contributed by atoms with Crippen LogP contribution in [0.5, 0.6) is 0 Å². The summed E-state index contributed by atoms with van der Waals surface area (Å²) in [4.78, 5) is 3.97. The van der Waals surface area contributed by atoms with E-state index >= 15 is 0 Å². The van der Waals surface area contributed by atoms with Crippen LogP contribution >= 0.6 is 23.4 Å². The summed E-state index contributed by atoms with van der Waals surface area (Å²) in [5, 5.41) is 14.6. The second-order valence-corrected chi connectivity index (χ2v) is 7.44. The molecule has 0 atom stereocenters. The summed E-state index contributed by atoms with van der Waals surface area (Å²) < 4.78 is 3.91. The summed E-state index contributed by atoms with van der Waals surface area (Å²) >= 11 is 7.69. The number of rotatable bonds is 6. The van der Waals surface area contributed by atoms with E-state index in [4.69, 9.17) is 11.6 Å². The van der Waals surface area contributed by atoms with Gasteiger partial charge in [0.2, 0.25) is 0 Å². The number of nitrogens with zero attached hydrogens (tertiary/aromatic N) is 6. The van der Waals surface area contributed by atoms with E-state index < -0.39 is 0 Å². The number of hydrogen-bond acceptors (Lipinski definition) is 5. The number of thioether (sulfide) groups is 1. The van der Waals surface area contributed by atoms with E-state index in [1.54, 1.807) is 24.4 Å². The summed E-state index contributed by atoms with van der Waals surface area (Å²) in [7, 11) is 0. The SMILES string of the molecule is Cc1ccccc1-n1c(SCCn2cncn2)nnc1-c1ccc(Cl)cc1. The quantitative estimate of drug-likeness (QED) is 0.455. The molecule has 0 N–H and O–H groups in total. The highest BCUT2D eigenvalue weighted by atomic mass is 35.5. The molecule has 6 nitrogen and oxygen atoms in total. The van der Waals surface area contributed by atoms with Gasteiger partial charge >= 0.3 is 0 Å². The van der Waals surface area contributed by atoms with Gasteiger partial charge in [0.1, 0.15) is 12.7 Å². The van der Waals surface area contributed by atoms with Crippen LogP contribution in [0.25, 0.3) is 17.1 Å². The lowest BCUT2D eigenvalue weighted by Gasteiger charge is -2.13. The Morgan fingerprint density at radius 2 is 1.85 bits per heavy atom. The van der Waals surface area contributed by atoms with Gasteiger partial charge in [-0.15, -0.1) is 10.2 Å². The Bertz CT molecular complexity index is 1030. The van der Waals surface area contributed by atoms with Gasteiger partial charge in [0.15, 0.2) is 11.0 Å². The summed E-state index contributed by atoms with van der Waals surface area (Å²) in [5.74, 6) is 1.61. The molecule has 0 unspecified atom stereocenters. The molecular formula is C19H17ClN6S. The van der Waals surface area contributed by atoms with Gasteiger partial charge in [-0.1, -0.05) is 41.6 Å². The maximum Gasteiger partial charge on any atom is 0.196 e. The lowest BCUT2D eigenvalue weighted by Crippen LogP contribution is -2.04. The first-order valence-corrected chi connectivity index (χ1v) is 9.81. The molecule has 2 aromatic heterocycles. The highest BCUT2D eigenvalue weighted by Gasteiger charge is 2.17. The Hall–Kier alpha value is -2.64. The van der Waals surface area contributed by atoms with Gasteiger partial charge in [0, 0.05) is 16.3 Å². The second kappa shape index (κ2) is 7.94. The van der Waals surface area contributed by atoms with Crippen molar-refractivity contribution in [1.82, 2.24) is 29.5 Å². The normalized spacial score (nSPS) is 11.0. The van der Waals surface area contributed by atoms with E-state index in [2.05, 4.69) is 43.9 Å². The third kappa shape index (κ3) is 3.89. The highest BCUT2D eigenvalue weighted by Crippen LogP contribution is 2.30. The number of halogens is 1. The molecule has 136 valence electrons. The van der Waals surface area contributed by atoms with Crippen molar-refractivity contribution in [2.24, 2.45) is 0 Å². The largest absolute Gasteiger partial charge is 0.270 e. The van der Waals surface area contributed by atoms with E-state index in [1.807, 2.05) is 41.1 Å². The maximum absolute atomic E-state index is 6.04. The summed E-state index contributed by atoms with van der Waals surface area (Å²) in [6.45, 7) is 2.84. The molecule has 0 spiro atoms. The number of para-hydroxylation sites is 1. The van der Waals surface area contributed by atoms with Crippen LogP contribution in [0.4, 0.5) is 0 Å². The van der Waals surface area contributed by atoms with Crippen LogP contribution in [-0.2, 0) is 6.54 Å². The zero-order valence-electron chi connectivity index (χ0n) is 14.7. The average molecular weight is 397 g/mol. The van der Waals surface area contributed by atoms with E-state index in [9.17, 15) is 0 Å². The van der Waals surface area contributed by atoms with Crippen LogP contribution in [0.2, 0.25) is 5.02 Å². The van der Waals surface area contributed by atoms with Gasteiger partial charge < -0.3 is 0 Å². The summed E-state index contributed by atoms with van der Waals surface area (Å²) in [5.41, 5.74) is 3.19. The molecule has 0 amide bonds. The van der Waals surface area contributed by atoms with Gasteiger partial charge in [0.25, 0.3) is 0 Å². The summed E-state index contributed by atoms with van der Waals surface area (Å²) in [6, 6.07) is 15.9. The Labute approximate surface area is 166 Å². The predicted molar refractivity (Wildman–Crippen MR) is 107 cm³/mol. The Morgan fingerprint density at radius 3 is 2.59 bits per heavy atom. The molecule has 2 heterocycles. The molecule has 8 heteroatoms. The number of aromatic nitrogens is 6. The molecule has 0 aliphatic rings. The van der Waals surface area contributed by atoms with Crippen LogP contribution in [0.3, 0.4) is 0 Å². The molecule has 0 fully saturated rings. The standard InChI is InChI=1S/C19H17ClN6S/c1-14-4-2-3-5-17(14)26-18(15-6-8-16(20)9-7-15)23-24-19(26)27-11-10-25-13-21-12-22-25/h2-9,12-13H,10-11H2,1H3. The van der Waals surface area contributed by atoms with Crippen LogP contribution in [0.15, 0.2) is 66.3 Å². The van der Waals surface area contributed by atoms with Crippen LogP contribution in [-0.4, -0.2) is 35.3 Å². The second-order valence-electron chi connectivity index (χ2n) is 5.94. The fourth-order valence-corrected chi connectivity index (χ4v) is 3.76. The highest BCUT2D eigenvalue weighted by molar-refractivity contribution is 7.99. The van der Waals surface area contributed by atoms with Crippen molar-refractivity contribution in [3.63, 3.8) is 0 Å². The molecule has 0 saturated carbocycles. The fraction of sp³-hybridized carbons (Fsp3) is 0.158. The van der Waals surface area contributed by atoms with Crippen molar-refractivity contribution in [3.8, 4) is 17.1 Å². The van der Waals surface area contributed by atoms with Crippen LogP contribution < -0.4 is 0 Å². The molecule has 4 aromatic rings. The molecule has 0 bridgehead atoms. The van der Waals surface area contributed by atoms with E-state index in [-0.39, 0.29) is 0 Å². The first kappa shape index (κ1) is 17.8. The first-order valence-electron chi connectivity index (χ1n) is 8.45. The van der Waals surface area contributed by atoms with Crippen molar-refractivity contribution < 1.29 is 0 Å². The summed E-state index contributed by atoms with van der Waals surface area (Å²) in [6.07, 6.45) is 3.25. The fourth-order valence-electron chi connectivity index (χ4n) is 2.76. The van der Waals surface area contributed by atoms with Gasteiger partial charge in [-0.25, -0.2) is 4.98 Å². The van der Waals surface area contributed by atoms with Gasteiger partial charge in [-0.05, 0) is 42.8 Å². The zero-order chi connectivity index (χ0) is 18.6. The molecule has 0 saturated heterocycles. The van der Waals surface area contributed by atoms with Gasteiger partial charge in [-0.2, -0.15) is 5.10 Å². The van der Waals surface area contributed by atoms with E-state index in [0.717, 1.165) is 40.1 Å². The molecular weight excluding hydrogens is 380 g/mol. The molecule has 2 aromatic carbocycles. The minimum atomic E-state index is 0.697. The molecule has 0 aliphatic carbocycles. The minimum absolute atomic E-state index is 0.697. The maximum atomic E-state index is 6.04. The molecule has 0 aliphatic heterocycles. The lowest BCUT2D eigenvalue weighted by molar-refractivity contribution is 0.663. The molecule has 4 rings (SSSR count). The number of hydrogen-bond donors (Lipinski definition) is 0. The monoisotopic (exact) mass is 396 g/mol. The van der Waals surface area contributed by atoms with Gasteiger partial charge in [-0.3, -0.25) is 9.25 Å². The Morgan fingerprint density at radius 1 is 1.04 bits per heavy atom. The van der Waals surface area contributed by atoms with Crippen molar-refractivity contribution >= 4 is 23.4 Å². The topological polar surface area (TPSA) is 61.4 Å². The van der Waals surface area contributed by atoms with E-state index in [1.165, 1.54) is 0 Å². The predicted octanol–water partition coefficient (Wildman–Crippen LogP) is 4.28. The molecule has 0 radical (unpaired) electrons. The Balaban J connectivity index is 1.70. The number of benzene rings is 2. The van der Waals surface area contributed by atoms with Crippen LogP contribution in [0.1, 0.15) is 5.56 Å². The van der Waals surface area contributed by atoms with Crippen molar-refractivity contribution in [2.45, 2.75) is 18.6 Å². The van der Waals surface area contributed by atoms with Crippen LogP contribution in [0, 0.1) is 6.92 Å². The van der Waals surface area contributed by atoms with Gasteiger partial charge in [0.05, 0.1) is 12.2 Å². The average Bonchev–Trinajstić information content (AvgIpc) is 3.33. The lowest BCUT2D eigenvalue weighted by atomic mass is 10.1. The smallest absolute Gasteiger partial charge is 0.196 e. The molecule has 27 heavy (non-hydrogen) atoms. The zero-order valence-corrected chi connectivity index (χ0v) is 16.2. The minimum Gasteiger partial charge on any atom is -0.270 e. The first-order chi connectivity index (χ1) is 13.2. The van der Waals surface area contributed by atoms with Crippen molar-refractivity contribution in [1.29, 1.82) is 0 Å². The Kier molecular flexibility index (Phi) is 5.22. The number of aryl methyl sites for hydroxylation is 2. The third-order valence-electron chi connectivity index (χ3n) is 4.11. The van der Waals surface area contributed by atoms with Crippen molar-refractivity contribution in [3.05, 3.63) is 71.8 Å². The third-order valence-corrected chi connectivity index (χ3v) is 5.27.